The number of aromatic amines is 1. The molecule has 2 aromatic heterocycles. The standard InChI is InChI=1S/C54H46N4O2/c1-52(2)37-16-10-7-13-31(37)34-22-19-28(25-40(34)52)49-55-43-44(56-49)48-46(58-51(60-48)30-21-24-36-33-15-9-12-18-39(33)54(5,6)42(36)27-30)45-47(43)59-50(57-45)29-20-23-35-32-14-8-11-17-38(32)53(3,4)41(35)26-29/h7-20,22,25-27,35,51,58H,21,23-24H2,1-6H3,(H,55,56). The lowest BCUT2D eigenvalue weighted by Crippen LogP contribution is -2.26. The second-order valence-corrected chi connectivity index (χ2v) is 19.3. The maximum atomic E-state index is 7.05. The number of benzene rings is 5. The van der Waals surface area contributed by atoms with Crippen molar-refractivity contribution in [2.75, 3.05) is 5.32 Å². The molecule has 0 fully saturated rings. The number of anilines is 1. The van der Waals surface area contributed by atoms with Crippen molar-refractivity contribution in [3.8, 4) is 28.3 Å². The molecule has 0 amide bonds. The zero-order chi connectivity index (χ0) is 40.4. The van der Waals surface area contributed by atoms with Crippen LogP contribution in [0, 0.1) is 0 Å². The van der Waals surface area contributed by atoms with Crippen molar-refractivity contribution in [2.24, 2.45) is 0 Å². The Morgan fingerprint density at radius 3 is 2.25 bits per heavy atom. The highest BCUT2D eigenvalue weighted by Crippen LogP contribution is 2.56. The van der Waals surface area contributed by atoms with Gasteiger partial charge in [0.25, 0.3) is 0 Å². The minimum absolute atomic E-state index is 0.0782. The molecule has 60 heavy (non-hydrogen) atoms. The van der Waals surface area contributed by atoms with Gasteiger partial charge in [-0.25, -0.2) is 9.97 Å². The first kappa shape index (κ1) is 34.5. The topological polar surface area (TPSA) is 76.0 Å². The van der Waals surface area contributed by atoms with Crippen LogP contribution in [-0.2, 0) is 16.2 Å². The van der Waals surface area contributed by atoms with E-state index >= 15 is 0 Å². The zero-order valence-corrected chi connectivity index (χ0v) is 34.9. The van der Waals surface area contributed by atoms with Crippen molar-refractivity contribution in [2.45, 2.75) is 89.2 Å². The second kappa shape index (κ2) is 11.4. The number of rotatable bonds is 3. The first-order valence-electron chi connectivity index (χ1n) is 21.6. The van der Waals surface area contributed by atoms with E-state index in [4.69, 9.17) is 19.1 Å². The van der Waals surface area contributed by atoms with E-state index in [9.17, 15) is 0 Å². The minimum atomic E-state index is -0.344. The SMILES string of the molecule is CC1(C)C2=C(CCC(C3Nc4c(c5[nH]c(-c6ccc7c(c6)C(C)(C)c6ccccc6-7)nc5c5oc(C6=CCC7C(=C6)C(C)(C)c6ccccc67)nc45)O3)=C2)c2ccccc21. The van der Waals surface area contributed by atoms with E-state index in [0.717, 1.165) is 64.2 Å². The van der Waals surface area contributed by atoms with Gasteiger partial charge in [0, 0.05) is 33.3 Å². The molecule has 2 N–H and O–H groups in total. The third-order valence-electron chi connectivity index (χ3n) is 15.1. The van der Waals surface area contributed by atoms with Crippen molar-refractivity contribution < 1.29 is 9.15 Å². The van der Waals surface area contributed by atoms with Crippen molar-refractivity contribution in [1.82, 2.24) is 15.0 Å². The number of fused-ring (bicyclic) bond motifs is 14. The van der Waals surface area contributed by atoms with Gasteiger partial charge >= 0.3 is 0 Å². The molecular formula is C54H46N4O2. The Labute approximate surface area is 349 Å². The lowest BCUT2D eigenvalue weighted by molar-refractivity contribution is 0.287. The number of nitrogens with one attached hydrogen (secondary N) is 2. The number of aromatic nitrogens is 3. The number of imidazole rings is 1. The smallest absolute Gasteiger partial charge is 0.227 e. The van der Waals surface area contributed by atoms with E-state index < -0.39 is 0 Å². The fourth-order valence-electron chi connectivity index (χ4n) is 11.9. The minimum Gasteiger partial charge on any atom is -0.462 e. The van der Waals surface area contributed by atoms with Crippen LogP contribution in [0.4, 0.5) is 5.69 Å². The predicted octanol–water partition coefficient (Wildman–Crippen LogP) is 13.1. The van der Waals surface area contributed by atoms with Crippen molar-refractivity contribution in [1.29, 1.82) is 0 Å². The van der Waals surface area contributed by atoms with Gasteiger partial charge in [-0.2, -0.15) is 0 Å². The number of oxazole rings is 1. The fourth-order valence-corrected chi connectivity index (χ4v) is 11.9. The Balaban J connectivity index is 0.949. The molecule has 5 aromatic carbocycles. The fraction of sp³-hybridized carbons (Fsp3) is 0.259. The summed E-state index contributed by atoms with van der Waals surface area (Å²) in [4.78, 5) is 14.4. The Hall–Kier alpha value is -6.40. The second-order valence-electron chi connectivity index (χ2n) is 19.3. The van der Waals surface area contributed by atoms with E-state index in [1.807, 2.05) is 0 Å². The quantitative estimate of drug-likeness (QED) is 0.187. The summed E-state index contributed by atoms with van der Waals surface area (Å²) in [5.74, 6) is 2.50. The Morgan fingerprint density at radius 1 is 0.683 bits per heavy atom. The maximum Gasteiger partial charge on any atom is 0.227 e. The molecule has 2 unspecified atom stereocenters. The van der Waals surface area contributed by atoms with Crippen LogP contribution in [0.5, 0.6) is 5.75 Å². The van der Waals surface area contributed by atoms with Crippen LogP contribution in [0.25, 0.3) is 55.8 Å². The number of H-pyrrole nitrogens is 1. The Kier molecular flexibility index (Phi) is 6.58. The summed E-state index contributed by atoms with van der Waals surface area (Å²) >= 11 is 0. The molecule has 6 heteroatoms. The number of nitrogens with zero attached hydrogens (tertiary/aromatic N) is 2. The third kappa shape index (κ3) is 4.38. The third-order valence-corrected chi connectivity index (χ3v) is 15.1. The van der Waals surface area contributed by atoms with Crippen LogP contribution in [-0.4, -0.2) is 21.2 Å². The van der Waals surface area contributed by atoms with Crippen molar-refractivity contribution >= 4 is 39.0 Å². The van der Waals surface area contributed by atoms with Crippen LogP contribution < -0.4 is 10.1 Å². The Morgan fingerprint density at radius 2 is 1.42 bits per heavy atom. The van der Waals surface area contributed by atoms with E-state index in [0.29, 0.717) is 17.4 Å². The summed E-state index contributed by atoms with van der Waals surface area (Å²) in [5, 5.41) is 3.83. The molecule has 6 nitrogen and oxygen atoms in total. The van der Waals surface area contributed by atoms with Gasteiger partial charge in [0.05, 0.1) is 0 Å². The molecule has 0 saturated heterocycles. The monoisotopic (exact) mass is 782 g/mol. The molecule has 7 aromatic rings. The molecule has 294 valence electrons. The maximum absolute atomic E-state index is 7.05. The van der Waals surface area contributed by atoms with Crippen LogP contribution in [0.3, 0.4) is 0 Å². The highest BCUT2D eigenvalue weighted by Gasteiger charge is 2.44. The van der Waals surface area contributed by atoms with Gasteiger partial charge in [0.1, 0.15) is 28.1 Å². The molecule has 13 rings (SSSR count). The van der Waals surface area contributed by atoms with Crippen LogP contribution in [0.1, 0.15) is 106 Å². The highest BCUT2D eigenvalue weighted by atomic mass is 16.5. The van der Waals surface area contributed by atoms with Gasteiger partial charge in [-0.15, -0.1) is 0 Å². The number of hydrogen-bond acceptors (Lipinski definition) is 5. The molecule has 5 aliphatic carbocycles. The molecule has 3 heterocycles. The molecule has 0 spiro atoms. The van der Waals surface area contributed by atoms with Gasteiger partial charge in [0.15, 0.2) is 17.6 Å². The molecule has 2 atom stereocenters. The normalized spacial score (nSPS) is 21.9. The highest BCUT2D eigenvalue weighted by molar-refractivity contribution is 6.12. The molecule has 6 aliphatic rings. The molecule has 0 saturated carbocycles. The van der Waals surface area contributed by atoms with Crippen LogP contribution in [0.15, 0.2) is 130 Å². The lowest BCUT2D eigenvalue weighted by Gasteiger charge is -2.27. The molecule has 1 aliphatic heterocycles. The molecule has 0 bridgehead atoms. The van der Waals surface area contributed by atoms with Crippen molar-refractivity contribution in [3.63, 3.8) is 0 Å². The summed E-state index contributed by atoms with van der Waals surface area (Å²) in [6.07, 6.45) is 9.51. The van der Waals surface area contributed by atoms with Crippen LogP contribution in [0.2, 0.25) is 0 Å². The number of allylic oxidation sites excluding steroid dienone is 7. The molecule has 0 radical (unpaired) electrons. The summed E-state index contributed by atoms with van der Waals surface area (Å²) in [5.41, 5.74) is 22.0. The van der Waals surface area contributed by atoms with Crippen molar-refractivity contribution in [3.05, 3.63) is 165 Å². The van der Waals surface area contributed by atoms with Crippen LogP contribution >= 0.6 is 0 Å². The number of hydrogen-bond donors (Lipinski definition) is 2. The van der Waals surface area contributed by atoms with E-state index in [-0.39, 0.29) is 22.5 Å². The summed E-state index contributed by atoms with van der Waals surface area (Å²) < 4.78 is 14.0. The van der Waals surface area contributed by atoms with Gasteiger partial charge < -0.3 is 19.5 Å². The Bertz CT molecular complexity index is 3230. The predicted molar refractivity (Wildman–Crippen MR) is 241 cm³/mol. The van der Waals surface area contributed by atoms with Gasteiger partial charge in [0.2, 0.25) is 5.89 Å². The van der Waals surface area contributed by atoms with Gasteiger partial charge in [-0.3, -0.25) is 0 Å². The lowest BCUT2D eigenvalue weighted by atomic mass is 9.77. The summed E-state index contributed by atoms with van der Waals surface area (Å²) in [6.45, 7) is 14.0. The average molecular weight is 783 g/mol. The first-order valence-corrected chi connectivity index (χ1v) is 21.6. The molecular weight excluding hydrogens is 737 g/mol. The van der Waals surface area contributed by atoms with Gasteiger partial charge in [-0.05, 0) is 92.6 Å². The largest absolute Gasteiger partial charge is 0.462 e. The zero-order valence-electron chi connectivity index (χ0n) is 34.9. The van der Waals surface area contributed by atoms with Gasteiger partial charge in [-0.1, -0.05) is 144 Å². The average Bonchev–Trinajstić information content (AvgIpc) is 4.11. The summed E-state index contributed by atoms with van der Waals surface area (Å²) in [6, 6.07) is 33.4. The van der Waals surface area contributed by atoms with E-state index in [2.05, 4.69) is 161 Å². The summed E-state index contributed by atoms with van der Waals surface area (Å²) in [7, 11) is 0. The van der Waals surface area contributed by atoms with E-state index in [1.54, 1.807) is 0 Å². The van der Waals surface area contributed by atoms with E-state index in [1.165, 1.54) is 66.8 Å². The first-order chi connectivity index (χ1) is 29.0. The number of ether oxygens (including phenoxy) is 1.